The molecule has 4 nitrogen and oxygen atoms in total. The molecule has 0 aromatic heterocycles. The molecule has 16 heavy (non-hydrogen) atoms. The first-order chi connectivity index (χ1) is 7.30. The first-order valence-electron chi connectivity index (χ1n) is 4.73. The summed E-state index contributed by atoms with van der Waals surface area (Å²) in [7, 11) is -3.49. The maximum Gasteiger partial charge on any atom is 0.337 e. The van der Waals surface area contributed by atoms with Crippen LogP contribution in [-0.2, 0) is 9.84 Å². The summed E-state index contributed by atoms with van der Waals surface area (Å²) in [5.74, 6) is 0. The first-order valence-corrected chi connectivity index (χ1v) is 6.21. The largest absolute Gasteiger partial charge is 0.498 e. The maximum absolute atomic E-state index is 12.2. The summed E-state index contributed by atoms with van der Waals surface area (Å²) in [6.45, 7) is 4.81. The van der Waals surface area contributed by atoms with E-state index in [1.54, 1.807) is 32.9 Å². The highest BCUT2D eigenvalue weighted by Crippen LogP contribution is 2.26. The van der Waals surface area contributed by atoms with Gasteiger partial charge in [0.05, 0.1) is 9.64 Å². The molecule has 0 unspecified atom stereocenters. The molecular weight excluding hydrogens is 226 g/mol. The van der Waals surface area contributed by atoms with Gasteiger partial charge in [-0.1, -0.05) is 12.1 Å². The van der Waals surface area contributed by atoms with Crippen LogP contribution in [0.25, 0.3) is 5.01 Å². The summed E-state index contributed by atoms with van der Waals surface area (Å²) in [6, 6.07) is 8.34. The van der Waals surface area contributed by atoms with Crippen molar-refractivity contribution in [3.05, 3.63) is 40.0 Å². The molecule has 0 aliphatic carbocycles. The van der Waals surface area contributed by atoms with Crippen molar-refractivity contribution in [2.24, 2.45) is 0 Å². The molecule has 86 valence electrons. The summed E-state index contributed by atoms with van der Waals surface area (Å²) in [5, 5.41) is 12.6. The lowest BCUT2D eigenvalue weighted by atomic mass is 10.2. The van der Waals surface area contributed by atoms with Crippen molar-refractivity contribution < 1.29 is 8.42 Å². The zero-order valence-corrected chi connectivity index (χ0v) is 10.2. The summed E-state index contributed by atoms with van der Waals surface area (Å²) < 4.78 is 23.4. The average molecular weight is 239 g/mol. The Balaban J connectivity index is 3.50. The predicted molar refractivity (Wildman–Crippen MR) is 63.1 cm³/mol. The first kappa shape index (κ1) is 12.5. The van der Waals surface area contributed by atoms with E-state index in [0.29, 0.717) is 0 Å². The lowest BCUT2D eigenvalue weighted by Gasteiger charge is -2.19. The maximum atomic E-state index is 12.2. The van der Waals surface area contributed by atoms with Gasteiger partial charge in [-0.15, -0.1) is 0 Å². The van der Waals surface area contributed by atoms with Crippen molar-refractivity contribution in [3.8, 4) is 6.07 Å². The van der Waals surface area contributed by atoms with Gasteiger partial charge in [0, 0.05) is 5.01 Å². The zero-order valence-electron chi connectivity index (χ0n) is 9.39. The Morgan fingerprint density at radius 3 is 2.31 bits per heavy atom. The fourth-order valence-electron chi connectivity index (χ4n) is 1.17. The molecule has 1 aromatic carbocycles. The van der Waals surface area contributed by atoms with E-state index in [1.807, 2.05) is 0 Å². The van der Waals surface area contributed by atoms with E-state index >= 15 is 0 Å². The third-order valence-corrected chi connectivity index (χ3v) is 4.70. The molecule has 0 radical (unpaired) electrons. The molecule has 1 aromatic rings. The fraction of sp³-hybridized carbons (Fsp3) is 0.364. The van der Waals surface area contributed by atoms with Gasteiger partial charge in [-0.3, -0.25) is 0 Å². The van der Waals surface area contributed by atoms with Gasteiger partial charge in [-0.25, -0.2) is 8.42 Å². The third kappa shape index (κ3) is 2.17. The molecule has 0 atom stereocenters. The number of hydrogen-bond donors (Lipinski definition) is 0. The lowest BCUT2D eigenvalue weighted by Crippen LogP contribution is -2.28. The number of rotatable bonds is 1. The number of nitrogens with zero attached hydrogens (tertiary/aromatic N) is 1. The van der Waals surface area contributed by atoms with E-state index in [1.165, 1.54) is 12.1 Å². The van der Waals surface area contributed by atoms with Crippen molar-refractivity contribution in [3.63, 3.8) is 0 Å². The molecule has 0 fully saturated rings. The quantitative estimate of drug-likeness (QED) is 0.707. The smallest absolute Gasteiger partial charge is 0.337 e. The van der Waals surface area contributed by atoms with E-state index in [9.17, 15) is 13.6 Å². The number of hydrogen-bond acceptors (Lipinski definition) is 3. The molecule has 0 saturated heterocycles. The minimum Gasteiger partial charge on any atom is -0.498 e. The Morgan fingerprint density at radius 2 is 1.81 bits per heavy atom. The topological polar surface area (TPSA) is 61.6 Å². The van der Waals surface area contributed by atoms with Gasteiger partial charge in [-0.2, -0.15) is 0 Å². The molecular formula is C11H13NO3S. The SMILES string of the molecule is CC(C)(C)S(=O)(=O)c1ccccc1C#[N+][O-]. The van der Waals surface area contributed by atoms with E-state index in [4.69, 9.17) is 0 Å². The van der Waals surface area contributed by atoms with Crippen LogP contribution in [-0.4, -0.2) is 13.2 Å². The van der Waals surface area contributed by atoms with Gasteiger partial charge >= 0.3 is 6.07 Å². The van der Waals surface area contributed by atoms with Crippen LogP contribution < -0.4 is 0 Å². The predicted octanol–water partition coefficient (Wildman–Crippen LogP) is 2.44. The van der Waals surface area contributed by atoms with Gasteiger partial charge < -0.3 is 5.21 Å². The second-order valence-corrected chi connectivity index (χ2v) is 6.99. The average Bonchev–Trinajstić information content (AvgIpc) is 2.17. The summed E-state index contributed by atoms with van der Waals surface area (Å²) in [6.07, 6.45) is 0. The Labute approximate surface area is 95.2 Å². The van der Waals surface area contributed by atoms with Crippen molar-refractivity contribution >= 4 is 9.84 Å². The third-order valence-electron chi connectivity index (χ3n) is 2.15. The number of benzene rings is 1. The highest BCUT2D eigenvalue weighted by Gasteiger charge is 2.33. The molecule has 5 heteroatoms. The summed E-state index contributed by atoms with van der Waals surface area (Å²) in [4.78, 5) is 0.0853. The molecule has 0 spiro atoms. The Hall–Kier alpha value is -1.54. The van der Waals surface area contributed by atoms with Crippen molar-refractivity contribution in [1.29, 1.82) is 0 Å². The van der Waals surface area contributed by atoms with Crippen LogP contribution in [0.4, 0.5) is 0 Å². The Bertz CT molecular complexity index is 545. The van der Waals surface area contributed by atoms with E-state index in [0.717, 1.165) is 0 Å². The molecule has 0 aliphatic heterocycles. The van der Waals surface area contributed by atoms with Crippen molar-refractivity contribution in [2.45, 2.75) is 30.4 Å². The van der Waals surface area contributed by atoms with Gasteiger partial charge in [0.2, 0.25) is 0 Å². The van der Waals surface area contributed by atoms with E-state index in [2.05, 4.69) is 11.1 Å². The molecule has 0 amide bonds. The minimum absolute atomic E-state index is 0.0853. The zero-order chi connectivity index (χ0) is 12.4. The van der Waals surface area contributed by atoms with Crippen LogP contribution in [0.5, 0.6) is 0 Å². The normalized spacial score (nSPS) is 11.7. The van der Waals surface area contributed by atoms with Crippen LogP contribution in [0.2, 0.25) is 0 Å². The second-order valence-electron chi connectivity index (χ2n) is 4.32. The molecule has 0 bridgehead atoms. The summed E-state index contributed by atoms with van der Waals surface area (Å²) in [5.41, 5.74) is 0.201. The molecule has 0 N–H and O–H groups in total. The van der Waals surface area contributed by atoms with E-state index in [-0.39, 0.29) is 10.5 Å². The monoisotopic (exact) mass is 239 g/mol. The standard InChI is InChI=1S/C11H13NO3S/c1-11(2,3)16(14,15)10-7-5-4-6-9(10)8-12-13/h4-7H,1-3H3. The second kappa shape index (κ2) is 4.14. The Kier molecular flexibility index (Phi) is 3.24. The van der Waals surface area contributed by atoms with Crippen molar-refractivity contribution in [1.82, 2.24) is 0 Å². The van der Waals surface area contributed by atoms with Crippen LogP contribution in [0.1, 0.15) is 26.3 Å². The van der Waals surface area contributed by atoms with Crippen LogP contribution in [0.15, 0.2) is 29.2 Å². The fourth-order valence-corrected chi connectivity index (χ4v) is 2.49. The van der Waals surface area contributed by atoms with Gasteiger partial charge in [0.15, 0.2) is 9.84 Å². The lowest BCUT2D eigenvalue weighted by molar-refractivity contribution is 0.560. The van der Waals surface area contributed by atoms with Crippen LogP contribution >= 0.6 is 0 Å². The molecule has 0 saturated carbocycles. The van der Waals surface area contributed by atoms with Crippen LogP contribution in [0, 0.1) is 11.3 Å². The molecule has 0 aliphatic rings. The molecule has 0 heterocycles. The van der Waals surface area contributed by atoms with Gasteiger partial charge in [0.1, 0.15) is 5.56 Å². The van der Waals surface area contributed by atoms with Crippen molar-refractivity contribution in [2.75, 3.05) is 0 Å². The minimum atomic E-state index is -3.49. The van der Waals surface area contributed by atoms with E-state index < -0.39 is 14.6 Å². The van der Waals surface area contributed by atoms with Crippen LogP contribution in [0.3, 0.4) is 0 Å². The number of sulfone groups is 1. The molecule has 1 rings (SSSR count). The van der Waals surface area contributed by atoms with Gasteiger partial charge in [0.25, 0.3) is 0 Å². The highest BCUT2D eigenvalue weighted by atomic mass is 32.2. The summed E-state index contributed by atoms with van der Waals surface area (Å²) >= 11 is 0. The van der Waals surface area contributed by atoms with Gasteiger partial charge in [-0.05, 0) is 32.9 Å². The Morgan fingerprint density at radius 1 is 1.25 bits per heavy atom. The highest BCUT2D eigenvalue weighted by molar-refractivity contribution is 7.92.